The molecular weight excluding hydrogens is 234 g/mol. The molecule has 102 valence electrons. The molecule has 0 spiro atoms. The Balaban J connectivity index is 1.95. The first kappa shape index (κ1) is 12.7. The fraction of sp³-hybridized carbons (Fsp3) is 0.500. The number of piperidine rings is 1. The molecule has 0 bridgehead atoms. The van der Waals surface area contributed by atoms with Crippen molar-refractivity contribution < 1.29 is 0 Å². The van der Waals surface area contributed by atoms with Crippen molar-refractivity contribution in [3.05, 3.63) is 35.5 Å². The molecule has 19 heavy (non-hydrogen) atoms. The molecule has 0 radical (unpaired) electrons. The van der Waals surface area contributed by atoms with Crippen molar-refractivity contribution in [2.24, 2.45) is 12.8 Å². The molecule has 1 aromatic heterocycles. The van der Waals surface area contributed by atoms with Crippen molar-refractivity contribution in [2.45, 2.75) is 32.4 Å². The van der Waals surface area contributed by atoms with E-state index in [1.807, 2.05) is 0 Å². The molecule has 3 nitrogen and oxygen atoms in total. The van der Waals surface area contributed by atoms with Crippen LogP contribution in [0, 0.1) is 0 Å². The number of benzene rings is 1. The molecule has 0 unspecified atom stereocenters. The minimum absolute atomic E-state index is 0.609. The number of hydrogen-bond donors (Lipinski definition) is 1. The van der Waals surface area contributed by atoms with E-state index >= 15 is 0 Å². The van der Waals surface area contributed by atoms with Crippen molar-refractivity contribution in [1.29, 1.82) is 0 Å². The summed E-state index contributed by atoms with van der Waals surface area (Å²) in [6.45, 7) is 4.17. The van der Waals surface area contributed by atoms with E-state index in [2.05, 4.69) is 40.9 Å². The summed E-state index contributed by atoms with van der Waals surface area (Å²) < 4.78 is 2.23. The fourth-order valence-electron chi connectivity index (χ4n) is 3.28. The lowest BCUT2D eigenvalue weighted by molar-refractivity contribution is 0.221. The quantitative estimate of drug-likeness (QED) is 0.917. The van der Waals surface area contributed by atoms with Gasteiger partial charge in [0.15, 0.2) is 0 Å². The van der Waals surface area contributed by atoms with Crippen LogP contribution in [-0.2, 0) is 20.1 Å². The predicted molar refractivity (Wildman–Crippen MR) is 79.9 cm³/mol. The van der Waals surface area contributed by atoms with Gasteiger partial charge >= 0.3 is 0 Å². The molecule has 1 saturated heterocycles. The average molecular weight is 257 g/mol. The molecule has 0 amide bonds. The smallest absolute Gasteiger partial charge is 0.0526 e. The van der Waals surface area contributed by atoms with E-state index in [-0.39, 0.29) is 0 Å². The molecule has 0 saturated carbocycles. The van der Waals surface area contributed by atoms with Crippen molar-refractivity contribution >= 4 is 10.9 Å². The summed E-state index contributed by atoms with van der Waals surface area (Å²) in [6.07, 6.45) is 6.36. The number of hydrogen-bond acceptors (Lipinski definition) is 2. The summed E-state index contributed by atoms with van der Waals surface area (Å²) in [5, 5.41) is 1.37. The second-order valence-electron chi connectivity index (χ2n) is 5.62. The van der Waals surface area contributed by atoms with Gasteiger partial charge in [-0.15, -0.1) is 0 Å². The van der Waals surface area contributed by atoms with Gasteiger partial charge in [0.25, 0.3) is 0 Å². The number of aryl methyl sites for hydroxylation is 1. The van der Waals surface area contributed by atoms with Crippen LogP contribution >= 0.6 is 0 Å². The Labute approximate surface area is 115 Å². The monoisotopic (exact) mass is 257 g/mol. The Morgan fingerprint density at radius 3 is 2.63 bits per heavy atom. The summed E-state index contributed by atoms with van der Waals surface area (Å²) in [4.78, 5) is 2.58. The average Bonchev–Trinajstić information content (AvgIpc) is 2.77. The molecule has 2 heterocycles. The Kier molecular flexibility index (Phi) is 3.58. The third-order valence-electron chi connectivity index (χ3n) is 4.23. The zero-order chi connectivity index (χ0) is 13.2. The number of likely N-dealkylation sites (tertiary alicyclic amines) is 1. The van der Waals surface area contributed by atoms with Gasteiger partial charge in [-0.1, -0.05) is 24.6 Å². The lowest BCUT2D eigenvalue weighted by Crippen LogP contribution is -2.28. The van der Waals surface area contributed by atoms with Gasteiger partial charge in [0.05, 0.1) is 5.52 Å². The molecule has 0 atom stereocenters. The summed E-state index contributed by atoms with van der Waals surface area (Å²) in [7, 11) is 2.13. The molecule has 3 rings (SSSR count). The highest BCUT2D eigenvalue weighted by Crippen LogP contribution is 2.25. The van der Waals surface area contributed by atoms with E-state index in [9.17, 15) is 0 Å². The number of aromatic nitrogens is 1. The van der Waals surface area contributed by atoms with Crippen molar-refractivity contribution in [2.75, 3.05) is 13.1 Å². The maximum Gasteiger partial charge on any atom is 0.0526 e. The minimum Gasteiger partial charge on any atom is -0.350 e. The van der Waals surface area contributed by atoms with Crippen LogP contribution in [0.1, 0.15) is 30.4 Å². The normalized spacial score (nSPS) is 17.2. The van der Waals surface area contributed by atoms with Crippen LogP contribution in [0.3, 0.4) is 0 Å². The maximum absolute atomic E-state index is 5.85. The highest BCUT2D eigenvalue weighted by molar-refractivity contribution is 5.86. The lowest BCUT2D eigenvalue weighted by Gasteiger charge is -2.26. The Hall–Kier alpha value is -1.32. The van der Waals surface area contributed by atoms with Gasteiger partial charge in [-0.3, -0.25) is 4.90 Å². The van der Waals surface area contributed by atoms with E-state index in [1.54, 1.807) is 0 Å². The second-order valence-corrected chi connectivity index (χ2v) is 5.62. The summed E-state index contributed by atoms with van der Waals surface area (Å²) in [6, 6.07) is 6.49. The van der Waals surface area contributed by atoms with Crippen molar-refractivity contribution in [1.82, 2.24) is 9.47 Å². The first-order chi connectivity index (χ1) is 9.29. The topological polar surface area (TPSA) is 34.2 Å². The van der Waals surface area contributed by atoms with Gasteiger partial charge in [-0.2, -0.15) is 0 Å². The summed E-state index contributed by atoms with van der Waals surface area (Å²) in [5.74, 6) is 0. The molecular formula is C16H23N3. The third-order valence-corrected chi connectivity index (χ3v) is 4.23. The van der Waals surface area contributed by atoms with Crippen LogP contribution in [-0.4, -0.2) is 22.6 Å². The molecule has 0 aliphatic carbocycles. The Morgan fingerprint density at radius 1 is 1.11 bits per heavy atom. The first-order valence-corrected chi connectivity index (χ1v) is 7.28. The highest BCUT2D eigenvalue weighted by atomic mass is 15.1. The number of fused-ring (bicyclic) bond motifs is 1. The first-order valence-electron chi connectivity index (χ1n) is 7.28. The number of para-hydroxylation sites is 1. The molecule has 1 aliphatic heterocycles. The van der Waals surface area contributed by atoms with E-state index < -0.39 is 0 Å². The number of rotatable bonds is 3. The van der Waals surface area contributed by atoms with Crippen LogP contribution in [0.4, 0.5) is 0 Å². The van der Waals surface area contributed by atoms with Gasteiger partial charge in [-0.25, -0.2) is 0 Å². The molecule has 2 aromatic rings. The standard InChI is InChI=1S/C16H23N3/c1-18-11-14(12-19-8-3-2-4-9-19)15-7-5-6-13(10-17)16(15)18/h5-7,11H,2-4,8-10,12,17H2,1H3. The summed E-state index contributed by atoms with van der Waals surface area (Å²) >= 11 is 0. The van der Waals surface area contributed by atoms with E-state index in [1.165, 1.54) is 54.4 Å². The van der Waals surface area contributed by atoms with E-state index in [4.69, 9.17) is 5.73 Å². The predicted octanol–water partition coefficient (Wildman–Crippen LogP) is 2.62. The third kappa shape index (κ3) is 2.40. The van der Waals surface area contributed by atoms with Gasteiger partial charge in [-0.05, 0) is 37.1 Å². The Bertz CT molecular complexity index is 565. The number of nitrogens with two attached hydrogens (primary N) is 1. The van der Waals surface area contributed by atoms with Gasteiger partial charge in [0, 0.05) is 31.7 Å². The fourth-order valence-corrected chi connectivity index (χ4v) is 3.28. The largest absolute Gasteiger partial charge is 0.350 e. The van der Waals surface area contributed by atoms with Crippen LogP contribution < -0.4 is 5.73 Å². The molecule has 2 N–H and O–H groups in total. The zero-order valence-electron chi connectivity index (χ0n) is 11.7. The van der Waals surface area contributed by atoms with Crippen LogP contribution in [0.2, 0.25) is 0 Å². The Morgan fingerprint density at radius 2 is 1.89 bits per heavy atom. The molecule has 3 heteroatoms. The maximum atomic E-state index is 5.85. The zero-order valence-corrected chi connectivity index (χ0v) is 11.7. The van der Waals surface area contributed by atoms with Crippen LogP contribution in [0.15, 0.2) is 24.4 Å². The SMILES string of the molecule is Cn1cc(CN2CCCCC2)c2cccc(CN)c21. The molecule has 1 aliphatic rings. The number of nitrogens with zero attached hydrogens (tertiary/aromatic N) is 2. The van der Waals surface area contributed by atoms with Gasteiger partial charge in [0.1, 0.15) is 0 Å². The lowest BCUT2D eigenvalue weighted by atomic mass is 10.1. The van der Waals surface area contributed by atoms with Gasteiger partial charge in [0.2, 0.25) is 0 Å². The minimum atomic E-state index is 0.609. The van der Waals surface area contributed by atoms with Crippen molar-refractivity contribution in [3.8, 4) is 0 Å². The molecule has 1 fully saturated rings. The van der Waals surface area contributed by atoms with Gasteiger partial charge < -0.3 is 10.3 Å². The molecule has 1 aromatic carbocycles. The summed E-state index contributed by atoms with van der Waals surface area (Å²) in [5.41, 5.74) is 9.84. The van der Waals surface area contributed by atoms with Crippen LogP contribution in [0.25, 0.3) is 10.9 Å². The van der Waals surface area contributed by atoms with E-state index in [0.717, 1.165) is 6.54 Å². The van der Waals surface area contributed by atoms with Crippen LogP contribution in [0.5, 0.6) is 0 Å². The van der Waals surface area contributed by atoms with E-state index in [0.29, 0.717) is 6.54 Å². The second kappa shape index (κ2) is 5.35. The highest BCUT2D eigenvalue weighted by Gasteiger charge is 2.14. The van der Waals surface area contributed by atoms with Crippen molar-refractivity contribution in [3.63, 3.8) is 0 Å².